The molecule has 2 aliphatic rings. The Kier molecular flexibility index (Phi) is 3.49. The van der Waals surface area contributed by atoms with Crippen LogP contribution in [-0.4, -0.2) is 42.3 Å². The number of aliphatic carboxylic acids is 1. The summed E-state index contributed by atoms with van der Waals surface area (Å²) in [7, 11) is 0. The molecule has 1 amide bonds. The zero-order valence-electron chi connectivity index (χ0n) is 10.8. The number of carbonyl (C=O) groups is 2. The van der Waals surface area contributed by atoms with Gasteiger partial charge in [0.05, 0.1) is 24.7 Å². The number of carboxylic acid groups (broad SMARTS) is 1. The van der Waals surface area contributed by atoms with Gasteiger partial charge in [-0.3, -0.25) is 4.79 Å². The van der Waals surface area contributed by atoms with Gasteiger partial charge in [-0.15, -0.1) is 11.3 Å². The second kappa shape index (κ2) is 5.16. The monoisotopic (exact) mass is 297 g/mol. The van der Waals surface area contributed by atoms with E-state index in [4.69, 9.17) is 9.47 Å². The fourth-order valence-corrected chi connectivity index (χ4v) is 3.47. The van der Waals surface area contributed by atoms with E-state index in [1.165, 1.54) is 11.3 Å². The van der Waals surface area contributed by atoms with Crippen LogP contribution in [-0.2, 0) is 27.3 Å². The Morgan fingerprint density at radius 3 is 2.85 bits per heavy atom. The van der Waals surface area contributed by atoms with Gasteiger partial charge in [-0.05, 0) is 11.6 Å². The normalized spacial score (nSPS) is 25.2. The highest BCUT2D eigenvalue weighted by atomic mass is 32.1. The molecule has 3 rings (SSSR count). The van der Waals surface area contributed by atoms with Crippen LogP contribution < -0.4 is 5.32 Å². The van der Waals surface area contributed by atoms with E-state index < -0.39 is 11.5 Å². The van der Waals surface area contributed by atoms with Crippen LogP contribution in [0.25, 0.3) is 0 Å². The molecule has 6 nitrogen and oxygen atoms in total. The largest absolute Gasteiger partial charge is 0.479 e. The molecule has 1 atom stereocenters. The fraction of sp³-hybridized carbons (Fsp3) is 0.538. The number of fused-ring (bicyclic) bond motifs is 1. The van der Waals surface area contributed by atoms with Crippen LogP contribution in [0.1, 0.15) is 26.5 Å². The summed E-state index contributed by atoms with van der Waals surface area (Å²) in [5.74, 6) is -1.40. The lowest BCUT2D eigenvalue weighted by Gasteiger charge is -2.23. The highest BCUT2D eigenvalue weighted by molar-refractivity contribution is 7.14. The topological polar surface area (TPSA) is 84.9 Å². The summed E-state index contributed by atoms with van der Waals surface area (Å²) < 4.78 is 10.5. The number of carbonyl (C=O) groups excluding carboxylic acids is 1. The van der Waals surface area contributed by atoms with Crippen molar-refractivity contribution in [2.24, 2.45) is 0 Å². The quantitative estimate of drug-likeness (QED) is 0.862. The molecule has 108 valence electrons. The first-order chi connectivity index (χ1) is 9.61. The van der Waals surface area contributed by atoms with E-state index in [2.05, 4.69) is 5.32 Å². The molecule has 1 aromatic rings. The van der Waals surface area contributed by atoms with Gasteiger partial charge in [-0.1, -0.05) is 0 Å². The van der Waals surface area contributed by atoms with E-state index in [0.29, 0.717) is 31.1 Å². The Morgan fingerprint density at radius 2 is 2.20 bits per heavy atom. The Labute approximate surface area is 119 Å². The van der Waals surface area contributed by atoms with Crippen molar-refractivity contribution in [1.82, 2.24) is 5.32 Å². The van der Waals surface area contributed by atoms with E-state index >= 15 is 0 Å². The van der Waals surface area contributed by atoms with Crippen molar-refractivity contribution in [2.45, 2.75) is 25.0 Å². The van der Waals surface area contributed by atoms with Crippen molar-refractivity contribution in [3.8, 4) is 0 Å². The van der Waals surface area contributed by atoms with Crippen molar-refractivity contribution in [1.29, 1.82) is 0 Å². The first-order valence-electron chi connectivity index (χ1n) is 6.44. The van der Waals surface area contributed by atoms with Crippen LogP contribution in [0.15, 0.2) is 6.07 Å². The maximum Gasteiger partial charge on any atom is 0.331 e. The minimum atomic E-state index is -1.29. The van der Waals surface area contributed by atoms with E-state index in [1.807, 2.05) is 0 Å². The number of hydrogen-bond donors (Lipinski definition) is 2. The number of thiophene rings is 1. The van der Waals surface area contributed by atoms with Crippen molar-refractivity contribution in [2.75, 3.05) is 19.8 Å². The molecule has 0 spiro atoms. The van der Waals surface area contributed by atoms with Crippen molar-refractivity contribution in [3.63, 3.8) is 0 Å². The predicted molar refractivity (Wildman–Crippen MR) is 70.9 cm³/mol. The molecular weight excluding hydrogens is 282 g/mol. The third-order valence-electron chi connectivity index (χ3n) is 3.64. The van der Waals surface area contributed by atoms with Gasteiger partial charge in [0, 0.05) is 24.3 Å². The van der Waals surface area contributed by atoms with Gasteiger partial charge in [0.1, 0.15) is 0 Å². The number of amides is 1. The molecule has 0 aromatic carbocycles. The number of ether oxygens (including phenoxy) is 2. The van der Waals surface area contributed by atoms with Crippen LogP contribution in [0.2, 0.25) is 0 Å². The van der Waals surface area contributed by atoms with Gasteiger partial charge in [-0.25, -0.2) is 4.79 Å². The Morgan fingerprint density at radius 1 is 1.35 bits per heavy atom. The maximum absolute atomic E-state index is 12.3. The molecule has 1 aromatic heterocycles. The summed E-state index contributed by atoms with van der Waals surface area (Å²) >= 11 is 1.41. The smallest absolute Gasteiger partial charge is 0.331 e. The van der Waals surface area contributed by atoms with E-state index in [-0.39, 0.29) is 12.5 Å². The van der Waals surface area contributed by atoms with Gasteiger partial charge in [0.2, 0.25) is 0 Å². The van der Waals surface area contributed by atoms with Crippen LogP contribution in [0, 0.1) is 0 Å². The van der Waals surface area contributed by atoms with Crippen molar-refractivity contribution >= 4 is 23.2 Å². The Hall–Kier alpha value is -1.44. The van der Waals surface area contributed by atoms with E-state index in [1.54, 1.807) is 6.07 Å². The standard InChI is InChI=1S/C13H15NO5S/c15-11(14-13(12(16)17)2-4-19-7-13)10-5-8-6-18-3-1-9(8)20-10/h5H,1-4,6-7H2,(H,14,15)(H,16,17). The SMILES string of the molecule is O=C(NC1(C(=O)O)CCOC1)c1cc2c(s1)CCOC2. The van der Waals surface area contributed by atoms with Gasteiger partial charge in [0.25, 0.3) is 5.91 Å². The van der Waals surface area contributed by atoms with Crippen LogP contribution >= 0.6 is 11.3 Å². The van der Waals surface area contributed by atoms with Crippen LogP contribution in [0.3, 0.4) is 0 Å². The average molecular weight is 297 g/mol. The molecule has 20 heavy (non-hydrogen) atoms. The summed E-state index contributed by atoms with van der Waals surface area (Å²) in [5, 5.41) is 11.9. The number of hydrogen-bond acceptors (Lipinski definition) is 5. The second-order valence-electron chi connectivity index (χ2n) is 5.01. The molecule has 3 heterocycles. The molecular formula is C13H15NO5S. The lowest BCUT2D eigenvalue weighted by atomic mass is 9.99. The summed E-state index contributed by atoms with van der Waals surface area (Å²) in [6.45, 7) is 1.55. The maximum atomic E-state index is 12.3. The van der Waals surface area contributed by atoms with Gasteiger partial charge >= 0.3 is 5.97 Å². The molecule has 1 unspecified atom stereocenters. The summed E-state index contributed by atoms with van der Waals surface area (Å²) in [5.41, 5.74) is -0.267. The lowest BCUT2D eigenvalue weighted by molar-refractivity contribution is -0.144. The number of nitrogens with one attached hydrogen (secondary N) is 1. The molecule has 0 saturated carbocycles. The number of carboxylic acids is 1. The minimum Gasteiger partial charge on any atom is -0.479 e. The first kappa shape index (κ1) is 13.5. The highest BCUT2D eigenvalue weighted by Crippen LogP contribution is 2.28. The molecule has 1 fully saturated rings. The Balaban J connectivity index is 1.78. The van der Waals surface area contributed by atoms with Crippen LogP contribution in [0.4, 0.5) is 0 Å². The molecule has 7 heteroatoms. The average Bonchev–Trinajstić information content (AvgIpc) is 3.05. The number of rotatable bonds is 3. The summed E-state index contributed by atoms with van der Waals surface area (Å²) in [4.78, 5) is 25.3. The predicted octanol–water partition coefficient (Wildman–Crippen LogP) is 0.794. The molecule has 2 N–H and O–H groups in total. The second-order valence-corrected chi connectivity index (χ2v) is 6.14. The van der Waals surface area contributed by atoms with Gasteiger partial charge in [-0.2, -0.15) is 0 Å². The van der Waals surface area contributed by atoms with Gasteiger partial charge in [0.15, 0.2) is 5.54 Å². The molecule has 2 aliphatic heterocycles. The minimum absolute atomic E-state index is 0.0161. The van der Waals surface area contributed by atoms with E-state index in [9.17, 15) is 14.7 Å². The third kappa shape index (κ3) is 2.32. The Bertz CT molecular complexity index is 523. The van der Waals surface area contributed by atoms with Crippen molar-refractivity contribution < 1.29 is 24.2 Å². The molecule has 0 bridgehead atoms. The van der Waals surface area contributed by atoms with Gasteiger partial charge < -0.3 is 19.9 Å². The van der Waals surface area contributed by atoms with Crippen molar-refractivity contribution in [3.05, 3.63) is 21.4 Å². The highest BCUT2D eigenvalue weighted by Gasteiger charge is 2.44. The third-order valence-corrected chi connectivity index (χ3v) is 4.87. The molecule has 0 aliphatic carbocycles. The zero-order chi connectivity index (χ0) is 14.2. The molecule has 0 radical (unpaired) electrons. The first-order valence-corrected chi connectivity index (χ1v) is 7.25. The fourth-order valence-electron chi connectivity index (χ4n) is 2.42. The molecule has 1 saturated heterocycles. The lowest BCUT2D eigenvalue weighted by Crippen LogP contribution is -2.55. The summed E-state index contributed by atoms with van der Waals surface area (Å²) in [6.07, 6.45) is 1.10. The van der Waals surface area contributed by atoms with Crippen LogP contribution in [0.5, 0.6) is 0 Å². The summed E-state index contributed by atoms with van der Waals surface area (Å²) in [6, 6.07) is 1.79. The zero-order valence-corrected chi connectivity index (χ0v) is 11.6. The van der Waals surface area contributed by atoms with E-state index in [0.717, 1.165) is 16.9 Å².